The van der Waals surface area contributed by atoms with Gasteiger partial charge in [-0.05, 0) is 50.4 Å². The standard InChI is InChI=1S/C18H25FN2O2.ClH/c1-20-16-6-10-21(11-7-16)17(22)18(8-12-23-13-9-18)14-2-4-15(19)5-3-14;/h2-5,16,20H,6-13H2,1H3;1H. The highest BCUT2D eigenvalue weighted by atomic mass is 35.5. The fourth-order valence-corrected chi connectivity index (χ4v) is 3.79. The van der Waals surface area contributed by atoms with E-state index in [1.165, 1.54) is 12.1 Å². The molecular weight excluding hydrogens is 331 g/mol. The molecular formula is C18H26ClFN2O2. The molecule has 0 atom stereocenters. The zero-order chi connectivity index (χ0) is 16.3. The Morgan fingerprint density at radius 2 is 1.79 bits per heavy atom. The lowest BCUT2D eigenvalue weighted by molar-refractivity contribution is -0.142. The molecule has 2 fully saturated rings. The van der Waals surface area contributed by atoms with Gasteiger partial charge in [0, 0.05) is 32.3 Å². The topological polar surface area (TPSA) is 41.6 Å². The van der Waals surface area contributed by atoms with Gasteiger partial charge in [0.05, 0.1) is 5.41 Å². The SMILES string of the molecule is CNC1CCN(C(=O)C2(c3ccc(F)cc3)CCOCC2)CC1.Cl. The summed E-state index contributed by atoms with van der Waals surface area (Å²) >= 11 is 0. The third-order valence-corrected chi connectivity index (χ3v) is 5.34. The van der Waals surface area contributed by atoms with Gasteiger partial charge in [-0.25, -0.2) is 4.39 Å². The Bertz CT molecular complexity index is 538. The summed E-state index contributed by atoms with van der Waals surface area (Å²) in [7, 11) is 1.97. The Morgan fingerprint density at radius 1 is 1.21 bits per heavy atom. The number of piperidine rings is 1. The van der Waals surface area contributed by atoms with Crippen LogP contribution in [0.25, 0.3) is 0 Å². The highest BCUT2D eigenvalue weighted by molar-refractivity contribution is 5.88. The van der Waals surface area contributed by atoms with E-state index in [0.29, 0.717) is 32.1 Å². The second-order valence-electron chi connectivity index (χ2n) is 6.56. The van der Waals surface area contributed by atoms with E-state index >= 15 is 0 Å². The molecule has 1 aromatic rings. The molecule has 0 saturated carbocycles. The smallest absolute Gasteiger partial charge is 0.233 e. The molecule has 0 unspecified atom stereocenters. The van der Waals surface area contributed by atoms with E-state index in [9.17, 15) is 9.18 Å². The van der Waals surface area contributed by atoms with E-state index in [-0.39, 0.29) is 24.1 Å². The molecule has 1 aromatic carbocycles. The molecule has 0 spiro atoms. The lowest BCUT2D eigenvalue weighted by Gasteiger charge is -2.42. The predicted octanol–water partition coefficient (Wildman–Crippen LogP) is 2.51. The molecule has 2 aliphatic heterocycles. The molecule has 1 amide bonds. The van der Waals surface area contributed by atoms with Crippen molar-refractivity contribution in [2.24, 2.45) is 0 Å². The quantitative estimate of drug-likeness (QED) is 0.904. The largest absolute Gasteiger partial charge is 0.381 e. The molecule has 24 heavy (non-hydrogen) atoms. The summed E-state index contributed by atoms with van der Waals surface area (Å²) in [5, 5.41) is 3.29. The first-order valence-electron chi connectivity index (χ1n) is 8.46. The van der Waals surface area contributed by atoms with Crippen LogP contribution in [0, 0.1) is 5.82 Å². The number of nitrogens with zero attached hydrogens (tertiary/aromatic N) is 1. The number of nitrogens with one attached hydrogen (secondary N) is 1. The fourth-order valence-electron chi connectivity index (χ4n) is 3.79. The van der Waals surface area contributed by atoms with Crippen LogP contribution in [0.1, 0.15) is 31.2 Å². The number of rotatable bonds is 3. The average molecular weight is 357 g/mol. The molecule has 2 saturated heterocycles. The molecule has 2 aliphatic rings. The molecule has 4 nitrogen and oxygen atoms in total. The summed E-state index contributed by atoms with van der Waals surface area (Å²) in [5.74, 6) is -0.0831. The molecule has 6 heteroatoms. The van der Waals surface area contributed by atoms with E-state index in [2.05, 4.69) is 5.32 Å². The Balaban J connectivity index is 0.00000208. The number of hydrogen-bond acceptors (Lipinski definition) is 3. The van der Waals surface area contributed by atoms with Gasteiger partial charge in [0.25, 0.3) is 0 Å². The Morgan fingerprint density at radius 3 is 2.33 bits per heavy atom. The molecule has 0 aliphatic carbocycles. The summed E-state index contributed by atoms with van der Waals surface area (Å²) < 4.78 is 18.8. The highest BCUT2D eigenvalue weighted by Crippen LogP contribution is 2.37. The Labute approximate surface area is 149 Å². The van der Waals surface area contributed by atoms with E-state index in [4.69, 9.17) is 4.74 Å². The number of halogens is 2. The van der Waals surface area contributed by atoms with Crippen LogP contribution in [-0.4, -0.2) is 50.2 Å². The van der Waals surface area contributed by atoms with E-state index in [1.54, 1.807) is 12.1 Å². The molecule has 0 bridgehead atoms. The molecule has 1 N–H and O–H groups in total. The summed E-state index contributed by atoms with van der Waals surface area (Å²) in [6.07, 6.45) is 3.31. The van der Waals surface area contributed by atoms with Crippen molar-refractivity contribution in [3.8, 4) is 0 Å². The minimum Gasteiger partial charge on any atom is -0.381 e. The maximum absolute atomic E-state index is 13.3. The second kappa shape index (κ2) is 8.28. The third-order valence-electron chi connectivity index (χ3n) is 5.34. The maximum atomic E-state index is 13.3. The van der Waals surface area contributed by atoms with Crippen molar-refractivity contribution in [3.05, 3.63) is 35.6 Å². The van der Waals surface area contributed by atoms with Crippen molar-refractivity contribution in [2.45, 2.75) is 37.1 Å². The molecule has 3 rings (SSSR count). The number of benzene rings is 1. The zero-order valence-corrected chi connectivity index (χ0v) is 14.9. The van der Waals surface area contributed by atoms with Crippen molar-refractivity contribution in [2.75, 3.05) is 33.4 Å². The number of amides is 1. The summed E-state index contributed by atoms with van der Waals surface area (Å²) in [6, 6.07) is 6.92. The molecule has 2 heterocycles. The summed E-state index contributed by atoms with van der Waals surface area (Å²) in [5.41, 5.74) is 0.362. The van der Waals surface area contributed by atoms with E-state index < -0.39 is 5.41 Å². The Hall–Kier alpha value is -1.17. The minimum atomic E-state index is -0.557. The van der Waals surface area contributed by atoms with Gasteiger partial charge in [0.1, 0.15) is 5.82 Å². The lowest BCUT2D eigenvalue weighted by Crippen LogP contribution is -2.53. The Kier molecular flexibility index (Phi) is 6.61. The van der Waals surface area contributed by atoms with Crippen LogP contribution in [0.5, 0.6) is 0 Å². The summed E-state index contributed by atoms with van der Waals surface area (Å²) in [6.45, 7) is 2.73. The van der Waals surface area contributed by atoms with Crippen molar-refractivity contribution in [1.29, 1.82) is 0 Å². The van der Waals surface area contributed by atoms with Crippen LogP contribution >= 0.6 is 12.4 Å². The first-order valence-corrected chi connectivity index (χ1v) is 8.46. The number of carbonyl (C=O) groups excluding carboxylic acids is 1. The van der Waals surface area contributed by atoms with Gasteiger partial charge < -0.3 is 15.0 Å². The average Bonchev–Trinajstić information content (AvgIpc) is 2.62. The van der Waals surface area contributed by atoms with Crippen LogP contribution in [0.15, 0.2) is 24.3 Å². The first kappa shape index (κ1) is 19.2. The highest BCUT2D eigenvalue weighted by Gasteiger charge is 2.44. The molecule has 0 aromatic heterocycles. The van der Waals surface area contributed by atoms with Gasteiger partial charge in [0.2, 0.25) is 5.91 Å². The lowest BCUT2D eigenvalue weighted by atomic mass is 9.72. The first-order chi connectivity index (χ1) is 11.2. The molecule has 134 valence electrons. The van der Waals surface area contributed by atoms with E-state index in [0.717, 1.165) is 31.5 Å². The third kappa shape index (κ3) is 3.73. The summed E-state index contributed by atoms with van der Waals surface area (Å²) in [4.78, 5) is 15.3. The normalized spacial score (nSPS) is 21.2. The number of carbonyl (C=O) groups is 1. The van der Waals surface area contributed by atoms with Crippen molar-refractivity contribution in [3.63, 3.8) is 0 Å². The van der Waals surface area contributed by atoms with Crippen LogP contribution in [0.3, 0.4) is 0 Å². The van der Waals surface area contributed by atoms with Gasteiger partial charge in [0.15, 0.2) is 0 Å². The fraction of sp³-hybridized carbons (Fsp3) is 0.611. The van der Waals surface area contributed by atoms with Crippen LogP contribution in [0.2, 0.25) is 0 Å². The van der Waals surface area contributed by atoms with Gasteiger partial charge >= 0.3 is 0 Å². The molecule has 0 radical (unpaired) electrons. The van der Waals surface area contributed by atoms with Crippen LogP contribution in [0.4, 0.5) is 4.39 Å². The van der Waals surface area contributed by atoms with Gasteiger partial charge in [-0.15, -0.1) is 12.4 Å². The maximum Gasteiger partial charge on any atom is 0.233 e. The van der Waals surface area contributed by atoms with Gasteiger partial charge in [-0.3, -0.25) is 4.79 Å². The van der Waals surface area contributed by atoms with Crippen molar-refractivity contribution < 1.29 is 13.9 Å². The van der Waals surface area contributed by atoms with Gasteiger partial charge in [-0.1, -0.05) is 12.1 Å². The number of ether oxygens (including phenoxy) is 1. The number of hydrogen-bond donors (Lipinski definition) is 1. The van der Waals surface area contributed by atoms with Gasteiger partial charge in [-0.2, -0.15) is 0 Å². The van der Waals surface area contributed by atoms with Crippen molar-refractivity contribution >= 4 is 18.3 Å². The monoisotopic (exact) mass is 356 g/mol. The van der Waals surface area contributed by atoms with Crippen LogP contribution in [-0.2, 0) is 14.9 Å². The number of likely N-dealkylation sites (tertiary alicyclic amines) is 1. The minimum absolute atomic E-state index is 0. The predicted molar refractivity (Wildman–Crippen MR) is 94.0 cm³/mol. The van der Waals surface area contributed by atoms with E-state index in [1.807, 2.05) is 11.9 Å². The zero-order valence-electron chi connectivity index (χ0n) is 14.1. The van der Waals surface area contributed by atoms with Crippen LogP contribution < -0.4 is 5.32 Å². The van der Waals surface area contributed by atoms with Crippen molar-refractivity contribution in [1.82, 2.24) is 10.2 Å². The second-order valence-corrected chi connectivity index (χ2v) is 6.56.